The highest BCUT2D eigenvalue weighted by Crippen LogP contribution is 2.40. The number of ether oxygens (including phenoxy) is 2. The molecule has 1 unspecified atom stereocenters. The Morgan fingerprint density at radius 2 is 1.75 bits per heavy atom. The normalized spacial score (nSPS) is 15.6. The Morgan fingerprint density at radius 3 is 2.45 bits per heavy atom. The topological polar surface area (TPSA) is 86.8 Å². The summed E-state index contributed by atoms with van der Waals surface area (Å²) < 4.78 is 33.5. The second-order valence-electron chi connectivity index (χ2n) is 10.9. The van der Waals surface area contributed by atoms with Gasteiger partial charge in [0.1, 0.15) is 0 Å². The van der Waals surface area contributed by atoms with Crippen molar-refractivity contribution in [2.75, 3.05) is 27.3 Å². The van der Waals surface area contributed by atoms with Crippen LogP contribution in [0.1, 0.15) is 60.8 Å². The monoisotopic (exact) mass is 561 g/mol. The molecule has 4 aromatic rings. The first-order valence-corrected chi connectivity index (χ1v) is 15.0. The summed E-state index contributed by atoms with van der Waals surface area (Å²) in [5.41, 5.74) is 8.40. The van der Waals surface area contributed by atoms with Crippen LogP contribution in [0.15, 0.2) is 60.7 Å². The van der Waals surface area contributed by atoms with Gasteiger partial charge in [0.05, 0.1) is 19.9 Å². The van der Waals surface area contributed by atoms with E-state index in [2.05, 4.69) is 64.9 Å². The van der Waals surface area contributed by atoms with E-state index in [9.17, 15) is 4.21 Å². The number of H-pyrrole nitrogens is 1. The number of aromatic amines is 1. The molecule has 8 heteroatoms. The summed E-state index contributed by atoms with van der Waals surface area (Å²) in [6.45, 7) is 7.89. The van der Waals surface area contributed by atoms with E-state index in [1.54, 1.807) is 14.2 Å². The fourth-order valence-corrected chi connectivity index (χ4v) is 6.26. The fraction of sp³-hybridized carbons (Fsp3) is 0.375. The Hall–Kier alpha value is -3.17. The van der Waals surface area contributed by atoms with Crippen molar-refractivity contribution in [3.05, 3.63) is 82.9 Å². The van der Waals surface area contributed by atoms with Gasteiger partial charge >= 0.3 is 0 Å². The summed E-state index contributed by atoms with van der Waals surface area (Å²) in [7, 11) is 3.33. The molecule has 1 atom stereocenters. The first-order chi connectivity index (χ1) is 19.4. The third kappa shape index (κ3) is 6.25. The van der Waals surface area contributed by atoms with Crippen molar-refractivity contribution in [1.29, 1.82) is 0 Å². The molecule has 7 nitrogen and oxygen atoms in total. The van der Waals surface area contributed by atoms with E-state index in [0.717, 1.165) is 66.3 Å². The third-order valence-electron chi connectivity index (χ3n) is 7.97. The maximum atomic E-state index is 10.9. The van der Waals surface area contributed by atoms with Gasteiger partial charge in [-0.05, 0) is 90.4 Å². The highest BCUT2D eigenvalue weighted by atomic mass is 32.2. The first-order valence-electron chi connectivity index (χ1n) is 13.9. The molecule has 5 rings (SSSR count). The zero-order chi connectivity index (χ0) is 28.2. The van der Waals surface area contributed by atoms with Gasteiger partial charge in [-0.1, -0.05) is 44.2 Å². The SMILES string of the molecule is COc1ccc(-c2[nH]c3ccc(C4CCN(Cc5cccc(CNS(=O)O)c5)CC4)cc3c2C(C)C)cc1OC. The molecule has 0 radical (unpaired) electrons. The van der Waals surface area contributed by atoms with Crippen LogP contribution in [0, 0.1) is 0 Å². The van der Waals surface area contributed by atoms with Crippen LogP contribution in [0.25, 0.3) is 22.2 Å². The maximum Gasteiger partial charge on any atom is 0.232 e. The summed E-state index contributed by atoms with van der Waals surface area (Å²) in [6, 6.07) is 21.3. The van der Waals surface area contributed by atoms with Gasteiger partial charge in [-0.3, -0.25) is 9.45 Å². The van der Waals surface area contributed by atoms with Gasteiger partial charge in [-0.15, -0.1) is 0 Å². The minimum Gasteiger partial charge on any atom is -0.493 e. The van der Waals surface area contributed by atoms with E-state index < -0.39 is 11.3 Å². The average molecular weight is 562 g/mol. The summed E-state index contributed by atoms with van der Waals surface area (Å²) in [5, 5.41) is 1.30. The lowest BCUT2D eigenvalue weighted by atomic mass is 9.87. The standard InChI is InChI=1S/C32H39N3O4S/c1-21(2)31-27-17-25(8-10-28(27)34-32(31)26-9-11-29(38-3)30(18-26)39-4)24-12-14-35(15-13-24)20-23-7-5-6-22(16-23)19-33-40(36)37/h5-11,16-18,21,24,33-34H,12-15,19-20H2,1-4H3,(H,36,37). The molecule has 0 amide bonds. The molecular formula is C32H39N3O4S. The molecule has 1 aliphatic rings. The number of likely N-dealkylation sites (tertiary alicyclic amines) is 1. The van der Waals surface area contributed by atoms with Crippen LogP contribution in [0.3, 0.4) is 0 Å². The average Bonchev–Trinajstić information content (AvgIpc) is 3.35. The molecule has 1 aromatic heterocycles. The van der Waals surface area contributed by atoms with Gasteiger partial charge in [0.2, 0.25) is 11.3 Å². The number of nitrogens with zero attached hydrogens (tertiary/aromatic N) is 1. The quantitative estimate of drug-likeness (QED) is 0.190. The van der Waals surface area contributed by atoms with Gasteiger partial charge < -0.3 is 14.5 Å². The molecule has 212 valence electrons. The molecule has 0 spiro atoms. The van der Waals surface area contributed by atoms with Crippen molar-refractivity contribution in [3.63, 3.8) is 0 Å². The van der Waals surface area contributed by atoms with Crippen LogP contribution in [0.5, 0.6) is 11.5 Å². The first kappa shape index (κ1) is 28.4. The summed E-state index contributed by atoms with van der Waals surface area (Å²) in [5.74, 6) is 2.35. The Bertz CT molecular complexity index is 1490. The highest BCUT2D eigenvalue weighted by molar-refractivity contribution is 7.77. The second-order valence-corrected chi connectivity index (χ2v) is 11.7. The molecule has 1 aliphatic heterocycles. The van der Waals surface area contributed by atoms with Crippen molar-refractivity contribution in [2.24, 2.45) is 0 Å². The molecule has 1 saturated heterocycles. The van der Waals surface area contributed by atoms with Crippen LogP contribution < -0.4 is 14.2 Å². The molecule has 40 heavy (non-hydrogen) atoms. The number of piperidine rings is 1. The van der Waals surface area contributed by atoms with Crippen molar-refractivity contribution < 1.29 is 18.2 Å². The molecule has 0 saturated carbocycles. The number of benzene rings is 3. The van der Waals surface area contributed by atoms with Gasteiger partial charge in [0, 0.05) is 29.6 Å². The van der Waals surface area contributed by atoms with E-state index in [1.165, 1.54) is 22.1 Å². The van der Waals surface area contributed by atoms with Crippen LogP contribution in [0.2, 0.25) is 0 Å². The molecule has 0 aliphatic carbocycles. The number of methoxy groups -OCH3 is 2. The van der Waals surface area contributed by atoms with Gasteiger partial charge in [-0.25, -0.2) is 8.93 Å². The molecule has 3 N–H and O–H groups in total. The Kier molecular flexibility index (Phi) is 8.90. The lowest BCUT2D eigenvalue weighted by Gasteiger charge is -2.32. The second kappa shape index (κ2) is 12.6. The zero-order valence-corrected chi connectivity index (χ0v) is 24.5. The summed E-state index contributed by atoms with van der Waals surface area (Å²) in [4.78, 5) is 6.21. The van der Waals surface area contributed by atoms with Crippen molar-refractivity contribution >= 4 is 22.2 Å². The Balaban J connectivity index is 1.32. The highest BCUT2D eigenvalue weighted by Gasteiger charge is 2.23. The van der Waals surface area contributed by atoms with Crippen molar-refractivity contribution in [1.82, 2.24) is 14.6 Å². The van der Waals surface area contributed by atoms with Crippen LogP contribution in [-0.4, -0.2) is 46.0 Å². The number of fused-ring (bicyclic) bond motifs is 1. The smallest absolute Gasteiger partial charge is 0.232 e. The predicted molar refractivity (Wildman–Crippen MR) is 162 cm³/mol. The minimum absolute atomic E-state index is 0.359. The third-order valence-corrected chi connectivity index (χ3v) is 8.36. The molecule has 0 bridgehead atoms. The van der Waals surface area contributed by atoms with Crippen molar-refractivity contribution in [2.45, 2.75) is 51.6 Å². The number of hydrogen-bond donors (Lipinski definition) is 3. The van der Waals surface area contributed by atoms with Gasteiger partial charge in [-0.2, -0.15) is 0 Å². The van der Waals surface area contributed by atoms with Crippen molar-refractivity contribution in [3.8, 4) is 22.8 Å². The Morgan fingerprint density at radius 1 is 1.00 bits per heavy atom. The van der Waals surface area contributed by atoms with Crippen LogP contribution in [0.4, 0.5) is 0 Å². The number of aromatic nitrogens is 1. The van der Waals surface area contributed by atoms with Gasteiger partial charge in [0.25, 0.3) is 0 Å². The molecule has 1 fully saturated rings. The molecule has 2 heterocycles. The van der Waals surface area contributed by atoms with Crippen LogP contribution >= 0.6 is 0 Å². The van der Waals surface area contributed by atoms with E-state index in [4.69, 9.17) is 14.0 Å². The number of nitrogens with one attached hydrogen (secondary N) is 2. The largest absolute Gasteiger partial charge is 0.493 e. The zero-order valence-electron chi connectivity index (χ0n) is 23.7. The van der Waals surface area contributed by atoms with E-state index in [-0.39, 0.29) is 0 Å². The van der Waals surface area contributed by atoms with Crippen LogP contribution in [-0.2, 0) is 24.4 Å². The lowest BCUT2D eigenvalue weighted by molar-refractivity contribution is 0.204. The summed E-state index contributed by atoms with van der Waals surface area (Å²) >= 11 is -2.00. The number of rotatable bonds is 10. The predicted octanol–water partition coefficient (Wildman–Crippen LogP) is 6.58. The lowest BCUT2D eigenvalue weighted by Crippen LogP contribution is -2.32. The minimum atomic E-state index is -2.00. The number of hydrogen-bond acceptors (Lipinski definition) is 4. The maximum absolute atomic E-state index is 10.9. The molecular weight excluding hydrogens is 522 g/mol. The fourth-order valence-electron chi connectivity index (χ4n) is 5.97. The Labute approximate surface area is 239 Å². The summed E-state index contributed by atoms with van der Waals surface area (Å²) in [6.07, 6.45) is 2.25. The van der Waals surface area contributed by atoms with E-state index in [0.29, 0.717) is 18.4 Å². The molecule has 3 aromatic carbocycles. The van der Waals surface area contributed by atoms with E-state index >= 15 is 0 Å². The van der Waals surface area contributed by atoms with E-state index in [1.807, 2.05) is 24.3 Å². The van der Waals surface area contributed by atoms with Gasteiger partial charge in [0.15, 0.2) is 11.5 Å².